The van der Waals surface area contributed by atoms with Crippen LogP contribution in [-0.2, 0) is 11.2 Å². The van der Waals surface area contributed by atoms with Crippen LogP contribution in [0.15, 0.2) is 24.3 Å². The highest BCUT2D eigenvalue weighted by molar-refractivity contribution is 7.80. The van der Waals surface area contributed by atoms with Gasteiger partial charge in [0.05, 0.1) is 6.10 Å². The van der Waals surface area contributed by atoms with Crippen LogP contribution >= 0.6 is 12.6 Å². The molecule has 0 saturated heterocycles. The maximum Gasteiger partial charge on any atom is 0.522 e. The van der Waals surface area contributed by atoms with Crippen molar-refractivity contribution < 1.29 is 39.9 Å². The van der Waals surface area contributed by atoms with Crippen molar-refractivity contribution in [1.82, 2.24) is 0 Å². The molecule has 242 valence electrons. The number of thiol groups is 1. The molecule has 42 heavy (non-hydrogen) atoms. The second-order valence-corrected chi connectivity index (χ2v) is 14.1. The average Bonchev–Trinajstić information content (AvgIpc) is 3.20. The molecule has 2 saturated carbocycles. The molecule has 3 aliphatic rings. The van der Waals surface area contributed by atoms with E-state index in [-0.39, 0.29) is 17.6 Å². The second kappa shape index (κ2) is 13.5. The molecule has 0 spiro atoms. The first-order chi connectivity index (χ1) is 19.4. The smallest absolute Gasteiger partial charge is 0.288 e. The van der Waals surface area contributed by atoms with Crippen molar-refractivity contribution in [3.8, 4) is 0 Å². The number of rotatable bonds is 9. The van der Waals surface area contributed by atoms with Crippen molar-refractivity contribution in [2.24, 2.45) is 28.6 Å². The number of benzene rings is 1. The minimum atomic E-state index is -5.42. The molecule has 4 rings (SSSR count). The molecule has 1 aromatic rings. The van der Waals surface area contributed by atoms with Crippen molar-refractivity contribution in [3.63, 3.8) is 0 Å². The van der Waals surface area contributed by atoms with Crippen LogP contribution in [0.5, 0.6) is 0 Å². The van der Waals surface area contributed by atoms with Gasteiger partial charge in [0.2, 0.25) is 0 Å². The van der Waals surface area contributed by atoms with Gasteiger partial charge in [-0.3, -0.25) is 4.74 Å². The minimum absolute atomic E-state index is 0.0334. The highest BCUT2D eigenvalue weighted by Crippen LogP contribution is 2.64. The lowest BCUT2D eigenvalue weighted by Gasteiger charge is -2.53. The van der Waals surface area contributed by atoms with Gasteiger partial charge in [0.1, 0.15) is 0 Å². The maximum absolute atomic E-state index is 13.1. The van der Waals surface area contributed by atoms with Crippen molar-refractivity contribution in [2.45, 2.75) is 129 Å². The minimum Gasteiger partial charge on any atom is -0.288 e. The predicted octanol–water partition coefficient (Wildman–Crippen LogP) is 11.2. The third kappa shape index (κ3) is 8.36. The zero-order chi connectivity index (χ0) is 31.6. The molecule has 0 bridgehead atoms. The first-order valence-electron chi connectivity index (χ1n) is 15.2. The highest BCUT2D eigenvalue weighted by Gasteiger charge is 2.59. The zero-order valence-corrected chi connectivity index (χ0v) is 26.0. The van der Waals surface area contributed by atoms with Crippen LogP contribution in [0.4, 0.5) is 35.1 Å². The van der Waals surface area contributed by atoms with E-state index >= 15 is 0 Å². The molecule has 1 aromatic carbocycles. The van der Waals surface area contributed by atoms with E-state index in [4.69, 9.17) is 4.74 Å². The fraction of sp³-hybridized carbons (Fsp3) is 0.812. The second-order valence-electron chi connectivity index (χ2n) is 13.6. The van der Waals surface area contributed by atoms with E-state index in [2.05, 4.69) is 64.6 Å². The van der Waals surface area contributed by atoms with Crippen molar-refractivity contribution in [2.75, 3.05) is 5.75 Å². The molecule has 2 fully saturated rings. The summed E-state index contributed by atoms with van der Waals surface area (Å²) in [5.74, 6) is -2.67. The van der Waals surface area contributed by atoms with Gasteiger partial charge in [-0.05, 0) is 109 Å². The van der Waals surface area contributed by atoms with Crippen molar-refractivity contribution >= 4 is 12.6 Å². The molecule has 6 atom stereocenters. The largest absolute Gasteiger partial charge is 0.522 e. The number of alkyl halides is 8. The van der Waals surface area contributed by atoms with Gasteiger partial charge in [-0.15, -0.1) is 13.2 Å². The van der Waals surface area contributed by atoms with Crippen LogP contribution in [0.25, 0.3) is 0 Å². The zero-order valence-electron chi connectivity index (χ0n) is 25.1. The molecule has 10 heteroatoms. The summed E-state index contributed by atoms with van der Waals surface area (Å²) in [6.45, 7) is 9.09. The van der Waals surface area contributed by atoms with Gasteiger partial charge in [0, 0.05) is 6.42 Å². The fourth-order valence-corrected chi connectivity index (χ4v) is 8.30. The number of hydrogen-bond acceptors (Lipinski definition) is 2. The average molecular weight is 631 g/mol. The quantitative estimate of drug-likeness (QED) is 0.211. The lowest BCUT2D eigenvalue weighted by molar-refractivity contribution is -0.354. The normalized spacial score (nSPS) is 29.7. The number of fused-ring (bicyclic) bond motifs is 5. The molecular formula is C32H46F8OS. The SMILES string of the molecule is CCCC(C)(C)CCC1Cc2ccccc2C2CCC3(C)C(OC(F)(F)F)CCC3C12.FC(F)(F)C(F)(F)CCCS. The van der Waals surface area contributed by atoms with E-state index in [1.165, 1.54) is 36.8 Å². The van der Waals surface area contributed by atoms with Gasteiger partial charge in [-0.1, -0.05) is 58.4 Å². The summed E-state index contributed by atoms with van der Waals surface area (Å²) in [5.41, 5.74) is 2.92. The maximum atomic E-state index is 13.1. The molecule has 0 amide bonds. The Kier molecular flexibility index (Phi) is 11.4. The van der Waals surface area contributed by atoms with E-state index in [9.17, 15) is 35.1 Å². The summed E-state index contributed by atoms with van der Waals surface area (Å²) in [6.07, 6.45) is -2.95. The Hall–Kier alpha value is -1.03. The first-order valence-corrected chi connectivity index (χ1v) is 15.9. The summed E-state index contributed by atoms with van der Waals surface area (Å²) >= 11 is 3.53. The Morgan fingerprint density at radius 1 is 0.929 bits per heavy atom. The summed E-state index contributed by atoms with van der Waals surface area (Å²) < 4.78 is 102. The lowest BCUT2D eigenvalue weighted by Crippen LogP contribution is -2.48. The molecule has 1 nitrogen and oxygen atoms in total. The number of halogens is 8. The van der Waals surface area contributed by atoms with Crippen LogP contribution < -0.4 is 0 Å². The summed E-state index contributed by atoms with van der Waals surface area (Å²) in [4.78, 5) is 0. The van der Waals surface area contributed by atoms with Gasteiger partial charge < -0.3 is 0 Å². The Bertz CT molecular complexity index is 1010. The van der Waals surface area contributed by atoms with Crippen LogP contribution in [0.2, 0.25) is 0 Å². The monoisotopic (exact) mass is 630 g/mol. The molecule has 0 radical (unpaired) electrons. The van der Waals surface area contributed by atoms with Crippen LogP contribution in [0.1, 0.15) is 109 Å². The molecule has 0 N–H and O–H groups in total. The molecule has 0 aromatic heterocycles. The molecule has 0 heterocycles. The van der Waals surface area contributed by atoms with E-state index in [1.54, 1.807) is 0 Å². The third-order valence-electron chi connectivity index (χ3n) is 10.2. The molecular weight excluding hydrogens is 584 g/mol. The third-order valence-corrected chi connectivity index (χ3v) is 10.5. The van der Waals surface area contributed by atoms with Crippen molar-refractivity contribution in [3.05, 3.63) is 35.4 Å². The highest BCUT2D eigenvalue weighted by atomic mass is 32.1. The predicted molar refractivity (Wildman–Crippen MR) is 153 cm³/mol. The Balaban J connectivity index is 0.000000375. The van der Waals surface area contributed by atoms with Gasteiger partial charge >= 0.3 is 18.5 Å². The topological polar surface area (TPSA) is 9.23 Å². The van der Waals surface area contributed by atoms with Gasteiger partial charge in [0.15, 0.2) is 0 Å². The van der Waals surface area contributed by atoms with Crippen LogP contribution in [0, 0.1) is 28.6 Å². The van der Waals surface area contributed by atoms with Gasteiger partial charge in [0.25, 0.3) is 0 Å². The van der Waals surface area contributed by atoms with E-state index in [0.29, 0.717) is 35.5 Å². The molecule has 0 aliphatic heterocycles. The summed E-state index contributed by atoms with van der Waals surface area (Å²) in [7, 11) is 0. The van der Waals surface area contributed by atoms with Crippen molar-refractivity contribution in [1.29, 1.82) is 0 Å². The molecule has 6 unspecified atom stereocenters. The van der Waals surface area contributed by atoms with E-state index in [1.807, 2.05) is 0 Å². The van der Waals surface area contributed by atoms with Gasteiger partial charge in [-0.2, -0.15) is 34.6 Å². The number of hydrogen-bond donors (Lipinski definition) is 1. The fourth-order valence-electron chi connectivity index (χ4n) is 8.14. The Morgan fingerprint density at radius 3 is 2.19 bits per heavy atom. The summed E-state index contributed by atoms with van der Waals surface area (Å²) in [6, 6.07) is 8.85. The number of ether oxygens (including phenoxy) is 1. The first kappa shape index (κ1) is 35.4. The molecule has 3 aliphatic carbocycles. The Labute approximate surface area is 251 Å². The van der Waals surface area contributed by atoms with E-state index < -0.39 is 31.0 Å². The van der Waals surface area contributed by atoms with Gasteiger partial charge in [-0.25, -0.2) is 0 Å². The standard InChI is InChI=1S/C27H39F3O.C5H7F5S/c1-5-14-25(2,3)15-12-19-17-18-8-6-7-9-20(18)21-13-16-26(4)22(24(19)21)10-11-23(26)31-27(28,29)30;6-4(7,2-1-3-11)5(8,9)10/h6-9,19,21-24H,5,10-17H2,1-4H3;11H,1-3H2. The van der Waals surface area contributed by atoms with Crippen LogP contribution in [0.3, 0.4) is 0 Å². The summed E-state index contributed by atoms with van der Waals surface area (Å²) in [5, 5.41) is 0. The van der Waals surface area contributed by atoms with Crippen LogP contribution in [-0.4, -0.2) is 30.3 Å². The lowest BCUT2D eigenvalue weighted by atomic mass is 9.52. The van der Waals surface area contributed by atoms with E-state index in [0.717, 1.165) is 25.7 Å². The Morgan fingerprint density at radius 2 is 1.60 bits per heavy atom.